The molecule has 1 aromatic heterocycles. The summed E-state index contributed by atoms with van der Waals surface area (Å²) in [7, 11) is 0. The number of carbonyl (C=O) groups is 1. The van der Waals surface area contributed by atoms with Crippen molar-refractivity contribution in [1.82, 2.24) is 9.55 Å². The van der Waals surface area contributed by atoms with Crippen LogP contribution in [0.3, 0.4) is 0 Å². The molecule has 1 aromatic rings. The van der Waals surface area contributed by atoms with Gasteiger partial charge in [-0.2, -0.15) is 4.98 Å². The second kappa shape index (κ2) is 5.20. The summed E-state index contributed by atoms with van der Waals surface area (Å²) < 4.78 is 25.2. The van der Waals surface area contributed by atoms with E-state index in [1.807, 2.05) is 6.92 Å². The predicted octanol–water partition coefficient (Wildman–Crippen LogP) is 0.450. The van der Waals surface area contributed by atoms with Crippen LogP contribution in [0.15, 0.2) is 11.0 Å². The average Bonchev–Trinajstić information content (AvgIpc) is 2.61. The first-order chi connectivity index (χ1) is 9.31. The minimum atomic E-state index is -0.918. The summed E-state index contributed by atoms with van der Waals surface area (Å²) in [6.45, 7) is 4.87. The van der Waals surface area contributed by atoms with Gasteiger partial charge in [-0.15, -0.1) is 0 Å². The molecule has 110 valence electrons. The second-order valence-corrected chi connectivity index (χ2v) is 4.83. The van der Waals surface area contributed by atoms with E-state index in [9.17, 15) is 14.0 Å². The summed E-state index contributed by atoms with van der Waals surface area (Å²) in [6.07, 6.45) is -0.947. The van der Waals surface area contributed by atoms with Crippen molar-refractivity contribution < 1.29 is 18.7 Å². The third-order valence-corrected chi connectivity index (χ3v) is 3.40. The molecule has 2 N–H and O–H groups in total. The Morgan fingerprint density at radius 2 is 2.20 bits per heavy atom. The Bertz CT molecular complexity index is 589. The van der Waals surface area contributed by atoms with Crippen molar-refractivity contribution in [2.45, 2.75) is 39.2 Å². The molecule has 0 amide bonds. The van der Waals surface area contributed by atoms with Crippen molar-refractivity contribution in [3.05, 3.63) is 22.5 Å². The van der Waals surface area contributed by atoms with Gasteiger partial charge in [-0.1, -0.05) is 6.92 Å². The smallest absolute Gasteiger partial charge is 0.351 e. The number of anilines is 1. The van der Waals surface area contributed by atoms with E-state index in [0.717, 1.165) is 10.8 Å². The third kappa shape index (κ3) is 2.51. The lowest BCUT2D eigenvalue weighted by Crippen LogP contribution is -2.36. The number of ether oxygens (including phenoxy) is 2. The highest BCUT2D eigenvalue weighted by Crippen LogP contribution is 2.35. The van der Waals surface area contributed by atoms with Gasteiger partial charge in [-0.25, -0.2) is 9.18 Å². The number of esters is 1. The van der Waals surface area contributed by atoms with Crippen LogP contribution in [0.5, 0.6) is 0 Å². The first kappa shape index (κ1) is 14.4. The zero-order chi connectivity index (χ0) is 15.0. The van der Waals surface area contributed by atoms with Crippen LogP contribution in [0.25, 0.3) is 0 Å². The second-order valence-electron chi connectivity index (χ2n) is 4.83. The van der Waals surface area contributed by atoms with Crippen LogP contribution < -0.4 is 11.4 Å². The zero-order valence-electron chi connectivity index (χ0n) is 11.4. The Hall–Kier alpha value is -1.96. The molecule has 2 unspecified atom stereocenters. The van der Waals surface area contributed by atoms with Crippen molar-refractivity contribution in [3.63, 3.8) is 0 Å². The van der Waals surface area contributed by atoms with E-state index in [2.05, 4.69) is 4.98 Å². The molecule has 2 heterocycles. The van der Waals surface area contributed by atoms with E-state index in [4.69, 9.17) is 15.2 Å². The molecule has 2 rings (SSSR count). The highest BCUT2D eigenvalue weighted by molar-refractivity contribution is 5.66. The minimum absolute atomic E-state index is 0.142. The number of nitrogen functional groups attached to an aromatic ring is 1. The SMILES string of the molecule is CC(=O)O[C@@H]1C(C)[C@@H](C)OC1n1cc(F)c(N)nc1=O. The van der Waals surface area contributed by atoms with Crippen LogP contribution in [-0.2, 0) is 14.3 Å². The zero-order valence-corrected chi connectivity index (χ0v) is 11.4. The molecule has 0 spiro atoms. The Balaban J connectivity index is 2.42. The van der Waals surface area contributed by atoms with Crippen molar-refractivity contribution in [1.29, 1.82) is 0 Å². The molecule has 4 atom stereocenters. The lowest BCUT2D eigenvalue weighted by molar-refractivity contribution is -0.153. The van der Waals surface area contributed by atoms with Gasteiger partial charge in [-0.05, 0) is 6.92 Å². The first-order valence-corrected chi connectivity index (χ1v) is 6.18. The van der Waals surface area contributed by atoms with Crippen molar-refractivity contribution in [2.24, 2.45) is 5.92 Å². The number of hydrogen-bond donors (Lipinski definition) is 1. The summed E-state index contributed by atoms with van der Waals surface area (Å²) in [5.41, 5.74) is 4.48. The number of rotatable bonds is 2. The molecule has 20 heavy (non-hydrogen) atoms. The van der Waals surface area contributed by atoms with E-state index in [1.165, 1.54) is 6.92 Å². The van der Waals surface area contributed by atoms with Crippen molar-refractivity contribution in [2.75, 3.05) is 5.73 Å². The predicted molar refractivity (Wildman–Crippen MR) is 67.2 cm³/mol. The Labute approximate surface area is 114 Å². The average molecular weight is 285 g/mol. The van der Waals surface area contributed by atoms with Gasteiger partial charge in [-0.3, -0.25) is 9.36 Å². The highest BCUT2D eigenvalue weighted by atomic mass is 19.1. The number of hydrogen-bond acceptors (Lipinski definition) is 6. The quantitative estimate of drug-likeness (QED) is 0.792. The van der Waals surface area contributed by atoms with Crippen molar-refractivity contribution >= 4 is 11.8 Å². The Morgan fingerprint density at radius 1 is 1.55 bits per heavy atom. The van der Waals surface area contributed by atoms with Gasteiger partial charge in [0.05, 0.1) is 12.3 Å². The summed E-state index contributed by atoms with van der Waals surface area (Å²) in [5, 5.41) is 0. The molecule has 0 aromatic carbocycles. The third-order valence-electron chi connectivity index (χ3n) is 3.40. The maximum Gasteiger partial charge on any atom is 0.351 e. The molecular weight excluding hydrogens is 269 g/mol. The van der Waals surface area contributed by atoms with Crippen LogP contribution in [-0.4, -0.2) is 27.7 Å². The number of carbonyl (C=O) groups excluding carboxylic acids is 1. The normalized spacial score (nSPS) is 29.4. The lowest BCUT2D eigenvalue weighted by atomic mass is 10.0. The fourth-order valence-corrected chi connectivity index (χ4v) is 2.17. The van der Waals surface area contributed by atoms with Gasteiger partial charge in [0.15, 0.2) is 24.0 Å². The molecule has 0 aliphatic carbocycles. The number of halogens is 1. The lowest BCUT2D eigenvalue weighted by Gasteiger charge is -2.22. The highest BCUT2D eigenvalue weighted by Gasteiger charge is 2.43. The maximum atomic E-state index is 13.5. The fourth-order valence-electron chi connectivity index (χ4n) is 2.17. The van der Waals surface area contributed by atoms with Gasteiger partial charge in [0.1, 0.15) is 0 Å². The maximum absolute atomic E-state index is 13.5. The van der Waals surface area contributed by atoms with E-state index in [1.54, 1.807) is 6.92 Å². The molecule has 1 fully saturated rings. The van der Waals surface area contributed by atoms with Gasteiger partial charge in [0.25, 0.3) is 0 Å². The molecule has 7 nitrogen and oxygen atoms in total. The van der Waals surface area contributed by atoms with Gasteiger partial charge in [0, 0.05) is 12.8 Å². The van der Waals surface area contributed by atoms with Crippen LogP contribution in [0.4, 0.5) is 10.2 Å². The standard InChI is InChI=1S/C12H16FN3O4/c1-5-6(2)19-11(9(5)20-7(3)17)16-4-8(13)10(14)15-12(16)18/h4-6,9,11H,1-3H3,(H2,14,15,18)/t5?,6-,9-,11?/m1/s1. The largest absolute Gasteiger partial charge is 0.457 e. The van der Waals surface area contributed by atoms with Crippen LogP contribution in [0, 0.1) is 11.7 Å². The number of nitrogens with two attached hydrogens (primary N) is 1. The van der Waals surface area contributed by atoms with Crippen LogP contribution >= 0.6 is 0 Å². The summed E-state index contributed by atoms with van der Waals surface area (Å²) in [6, 6.07) is 0. The minimum Gasteiger partial charge on any atom is -0.457 e. The van der Waals surface area contributed by atoms with E-state index >= 15 is 0 Å². The van der Waals surface area contributed by atoms with Crippen molar-refractivity contribution in [3.8, 4) is 0 Å². The molecule has 0 radical (unpaired) electrons. The molecule has 1 aliphatic rings. The van der Waals surface area contributed by atoms with Gasteiger partial charge in [0.2, 0.25) is 0 Å². The summed E-state index contributed by atoms with van der Waals surface area (Å²) >= 11 is 0. The number of nitrogens with zero attached hydrogens (tertiary/aromatic N) is 2. The van der Waals surface area contributed by atoms with E-state index in [-0.39, 0.29) is 12.0 Å². The molecule has 0 saturated carbocycles. The monoisotopic (exact) mass is 285 g/mol. The van der Waals surface area contributed by atoms with Crippen LogP contribution in [0.1, 0.15) is 27.0 Å². The summed E-state index contributed by atoms with van der Waals surface area (Å²) in [5.74, 6) is -1.95. The summed E-state index contributed by atoms with van der Waals surface area (Å²) in [4.78, 5) is 26.3. The molecule has 0 bridgehead atoms. The van der Waals surface area contributed by atoms with E-state index in [0.29, 0.717) is 0 Å². The topological polar surface area (TPSA) is 96.4 Å². The Kier molecular flexibility index (Phi) is 3.76. The van der Waals surface area contributed by atoms with Gasteiger partial charge >= 0.3 is 11.7 Å². The van der Waals surface area contributed by atoms with Gasteiger partial charge < -0.3 is 15.2 Å². The van der Waals surface area contributed by atoms with E-state index < -0.39 is 35.6 Å². The molecule has 8 heteroatoms. The molecule has 1 aliphatic heterocycles. The first-order valence-electron chi connectivity index (χ1n) is 6.18. The molecular formula is C12H16FN3O4. The molecule has 1 saturated heterocycles. The fraction of sp³-hybridized carbons (Fsp3) is 0.583. The Morgan fingerprint density at radius 3 is 2.80 bits per heavy atom. The van der Waals surface area contributed by atoms with Crippen LogP contribution in [0.2, 0.25) is 0 Å². The number of aromatic nitrogens is 2.